The number of carbonyl (C=O) groups excluding carboxylic acids is 1. The Bertz CT molecular complexity index is 579. The Labute approximate surface area is 115 Å². The number of nitrogens with zero attached hydrogens (tertiary/aromatic N) is 1. The maximum absolute atomic E-state index is 11.7. The van der Waals surface area contributed by atoms with Crippen molar-refractivity contribution in [2.24, 2.45) is 5.10 Å². The first kappa shape index (κ1) is 13.8. The molecular formula is C14H14N2O4. The Morgan fingerprint density at radius 3 is 3.05 bits per heavy atom. The van der Waals surface area contributed by atoms with Crippen molar-refractivity contribution in [3.63, 3.8) is 0 Å². The fraction of sp³-hybridized carbons (Fsp3) is 0.143. The van der Waals surface area contributed by atoms with Crippen LogP contribution >= 0.6 is 0 Å². The highest BCUT2D eigenvalue weighted by Gasteiger charge is 2.11. The van der Waals surface area contributed by atoms with Crippen LogP contribution in [-0.2, 0) is 0 Å². The number of ether oxygens (including phenoxy) is 1. The fourth-order valence-electron chi connectivity index (χ4n) is 1.45. The minimum Gasteiger partial charge on any atom is -0.457 e. The van der Waals surface area contributed by atoms with Gasteiger partial charge in [0, 0.05) is 0 Å². The van der Waals surface area contributed by atoms with Crippen molar-refractivity contribution in [2.45, 2.75) is 0 Å². The summed E-state index contributed by atoms with van der Waals surface area (Å²) >= 11 is 0. The fourth-order valence-corrected chi connectivity index (χ4v) is 1.45. The minimum absolute atomic E-state index is 0.0120. The molecule has 0 spiro atoms. The van der Waals surface area contributed by atoms with Gasteiger partial charge in [0.15, 0.2) is 0 Å². The van der Waals surface area contributed by atoms with Crippen LogP contribution in [0.15, 0.2) is 52.2 Å². The van der Waals surface area contributed by atoms with E-state index in [2.05, 4.69) is 10.5 Å². The van der Waals surface area contributed by atoms with E-state index in [4.69, 9.17) is 14.3 Å². The van der Waals surface area contributed by atoms with E-state index in [9.17, 15) is 4.79 Å². The highest BCUT2D eigenvalue weighted by molar-refractivity contribution is 5.88. The smallest absolute Gasteiger partial charge is 0.379 e. The highest BCUT2D eigenvalue weighted by atomic mass is 16.5. The molecule has 1 aromatic heterocycles. The molecule has 0 radical (unpaired) electrons. The zero-order valence-corrected chi connectivity index (χ0v) is 10.7. The summed E-state index contributed by atoms with van der Waals surface area (Å²) in [5.41, 5.74) is 3.43. The molecule has 0 bridgehead atoms. The van der Waals surface area contributed by atoms with Gasteiger partial charge in [-0.25, -0.2) is 4.79 Å². The average molecular weight is 274 g/mol. The van der Waals surface area contributed by atoms with E-state index < -0.39 is 5.97 Å². The number of hydrazone groups is 1. The lowest BCUT2D eigenvalue weighted by molar-refractivity contribution is 0.0701. The monoisotopic (exact) mass is 274 g/mol. The van der Waals surface area contributed by atoms with E-state index in [1.165, 1.54) is 12.3 Å². The summed E-state index contributed by atoms with van der Waals surface area (Å²) in [6, 6.07) is 10.1. The normalized spacial score (nSPS) is 10.7. The second-order valence-electron chi connectivity index (χ2n) is 3.83. The molecule has 6 heteroatoms. The summed E-state index contributed by atoms with van der Waals surface area (Å²) in [6.45, 7) is 0.391. The van der Waals surface area contributed by atoms with Gasteiger partial charge >= 0.3 is 5.97 Å². The molecule has 0 aliphatic heterocycles. The van der Waals surface area contributed by atoms with Crippen LogP contribution in [0.3, 0.4) is 0 Å². The quantitative estimate of drug-likeness (QED) is 0.273. The molecule has 1 heterocycles. The van der Waals surface area contributed by atoms with Crippen molar-refractivity contribution in [3.8, 4) is 5.75 Å². The number of hydrogen-bond donors (Lipinski definition) is 2. The summed E-state index contributed by atoms with van der Waals surface area (Å²) in [5.74, 6) is -0.00585. The molecule has 0 aliphatic carbocycles. The van der Waals surface area contributed by atoms with E-state index in [1.54, 1.807) is 30.5 Å². The van der Waals surface area contributed by atoms with Crippen molar-refractivity contribution in [1.82, 2.24) is 5.43 Å². The van der Waals surface area contributed by atoms with Crippen LogP contribution in [0, 0.1) is 0 Å². The number of aliphatic hydroxyl groups is 1. The molecule has 0 amide bonds. The topological polar surface area (TPSA) is 84.1 Å². The Kier molecular flexibility index (Phi) is 4.91. The van der Waals surface area contributed by atoms with Crippen LogP contribution in [0.25, 0.3) is 0 Å². The van der Waals surface area contributed by atoms with Gasteiger partial charge in [-0.1, -0.05) is 12.1 Å². The van der Waals surface area contributed by atoms with Gasteiger partial charge < -0.3 is 19.7 Å². The van der Waals surface area contributed by atoms with E-state index in [-0.39, 0.29) is 12.4 Å². The lowest BCUT2D eigenvalue weighted by atomic mass is 10.2. The molecule has 2 aromatic rings. The van der Waals surface area contributed by atoms with Crippen molar-refractivity contribution in [3.05, 3.63) is 54.0 Å². The Hall–Kier alpha value is -2.60. The maximum atomic E-state index is 11.7. The van der Waals surface area contributed by atoms with Crippen LogP contribution in [0.5, 0.6) is 5.75 Å². The molecule has 104 valence electrons. The Morgan fingerprint density at radius 1 is 1.40 bits per heavy atom. The number of furan rings is 1. The third-order valence-corrected chi connectivity index (χ3v) is 2.32. The van der Waals surface area contributed by atoms with Gasteiger partial charge in [-0.3, -0.25) is 0 Å². The number of hydrogen-bond acceptors (Lipinski definition) is 6. The van der Waals surface area contributed by atoms with Crippen molar-refractivity contribution in [2.75, 3.05) is 13.2 Å². The molecule has 6 nitrogen and oxygen atoms in total. The number of rotatable bonds is 6. The summed E-state index contributed by atoms with van der Waals surface area (Å²) in [6.07, 6.45) is 2.98. The third-order valence-electron chi connectivity index (χ3n) is 2.32. The zero-order valence-electron chi connectivity index (χ0n) is 10.7. The number of aliphatic hydroxyl groups excluding tert-OH is 1. The first-order valence-electron chi connectivity index (χ1n) is 6.02. The van der Waals surface area contributed by atoms with Gasteiger partial charge in [-0.05, 0) is 29.8 Å². The number of carbonyl (C=O) groups is 1. The summed E-state index contributed by atoms with van der Waals surface area (Å²) in [4.78, 5) is 11.7. The molecule has 0 fully saturated rings. The molecule has 0 unspecified atom stereocenters. The molecule has 0 atom stereocenters. The van der Waals surface area contributed by atoms with Crippen LogP contribution < -0.4 is 10.2 Å². The van der Waals surface area contributed by atoms with Crippen LogP contribution in [0.4, 0.5) is 0 Å². The van der Waals surface area contributed by atoms with Gasteiger partial charge in [0.1, 0.15) is 5.75 Å². The zero-order chi connectivity index (χ0) is 14.2. The first-order chi connectivity index (χ1) is 9.79. The van der Waals surface area contributed by atoms with Gasteiger partial charge in [0.05, 0.1) is 25.6 Å². The summed E-state index contributed by atoms with van der Waals surface area (Å²) < 4.78 is 10.1. The Balaban J connectivity index is 1.99. The van der Waals surface area contributed by atoms with Gasteiger partial charge in [-0.15, -0.1) is 0 Å². The largest absolute Gasteiger partial charge is 0.457 e. The first-order valence-corrected chi connectivity index (χ1v) is 6.02. The van der Waals surface area contributed by atoms with E-state index >= 15 is 0 Å². The predicted molar refractivity (Wildman–Crippen MR) is 72.8 cm³/mol. The van der Waals surface area contributed by atoms with Gasteiger partial charge in [-0.2, -0.15) is 5.10 Å². The molecule has 0 saturated heterocycles. The molecular weight excluding hydrogens is 260 g/mol. The standard InChI is InChI=1S/C14H14N2O4/c17-7-6-15-16-10-11-3-1-4-12(9-11)20-14(18)13-5-2-8-19-13/h1-5,8-10,15,17H,6-7H2. The van der Waals surface area contributed by atoms with Gasteiger partial charge in [0.2, 0.25) is 5.76 Å². The van der Waals surface area contributed by atoms with Crippen LogP contribution in [0.1, 0.15) is 16.1 Å². The number of nitrogens with one attached hydrogen (secondary N) is 1. The molecule has 20 heavy (non-hydrogen) atoms. The second-order valence-corrected chi connectivity index (χ2v) is 3.83. The molecule has 1 aromatic carbocycles. The maximum Gasteiger partial charge on any atom is 0.379 e. The molecule has 2 rings (SSSR count). The van der Waals surface area contributed by atoms with Crippen LogP contribution in [0.2, 0.25) is 0 Å². The SMILES string of the molecule is O=C(Oc1cccc(C=NNCCO)c1)c1ccco1. The van der Waals surface area contributed by atoms with Crippen molar-refractivity contribution in [1.29, 1.82) is 0 Å². The molecule has 2 N–H and O–H groups in total. The van der Waals surface area contributed by atoms with Crippen molar-refractivity contribution >= 4 is 12.2 Å². The van der Waals surface area contributed by atoms with E-state index in [1.807, 2.05) is 6.07 Å². The highest BCUT2D eigenvalue weighted by Crippen LogP contribution is 2.14. The predicted octanol–water partition coefficient (Wildman–Crippen LogP) is 1.41. The lowest BCUT2D eigenvalue weighted by Crippen LogP contribution is -2.11. The number of benzene rings is 1. The molecule has 0 aliphatic rings. The minimum atomic E-state index is -0.553. The van der Waals surface area contributed by atoms with Crippen LogP contribution in [-0.4, -0.2) is 30.4 Å². The molecule has 0 saturated carbocycles. The van der Waals surface area contributed by atoms with Gasteiger partial charge in [0.25, 0.3) is 0 Å². The van der Waals surface area contributed by atoms with Crippen molar-refractivity contribution < 1.29 is 19.1 Å². The van der Waals surface area contributed by atoms with E-state index in [0.29, 0.717) is 12.3 Å². The van der Waals surface area contributed by atoms with E-state index in [0.717, 1.165) is 5.56 Å². The Morgan fingerprint density at radius 2 is 2.30 bits per heavy atom. The third kappa shape index (κ3) is 3.96. The number of esters is 1. The summed E-state index contributed by atoms with van der Waals surface area (Å²) in [5, 5.41) is 12.5. The summed E-state index contributed by atoms with van der Waals surface area (Å²) in [7, 11) is 0. The lowest BCUT2D eigenvalue weighted by Gasteiger charge is -2.03. The average Bonchev–Trinajstić information content (AvgIpc) is 2.98. The second kappa shape index (κ2) is 7.10.